The van der Waals surface area contributed by atoms with Crippen molar-refractivity contribution in [2.24, 2.45) is 0 Å². The average molecular weight is 165 g/mol. The van der Waals surface area contributed by atoms with Gasteiger partial charge in [0.1, 0.15) is 0 Å². The molecule has 0 amide bonds. The molecule has 1 aromatic heterocycles. The molecule has 1 N–H and O–H groups in total. The Morgan fingerprint density at radius 3 is 2.75 bits per heavy atom. The van der Waals surface area contributed by atoms with Crippen molar-refractivity contribution < 1.29 is 14.7 Å². The highest BCUT2D eigenvalue weighted by atomic mass is 16.4. The predicted molar refractivity (Wildman–Crippen MR) is 41.3 cm³/mol. The first kappa shape index (κ1) is 8.39. The third-order valence-electron chi connectivity index (χ3n) is 1.40. The summed E-state index contributed by atoms with van der Waals surface area (Å²) in [7, 11) is 0. The molecule has 0 spiro atoms. The van der Waals surface area contributed by atoms with Crippen molar-refractivity contribution >= 4 is 12.3 Å². The summed E-state index contributed by atoms with van der Waals surface area (Å²) in [6.45, 7) is 1.67. The molecular formula is C8H7NO3. The highest BCUT2D eigenvalue weighted by molar-refractivity contribution is 5.95. The van der Waals surface area contributed by atoms with Crippen molar-refractivity contribution in [3.05, 3.63) is 29.1 Å². The van der Waals surface area contributed by atoms with Crippen LogP contribution in [-0.4, -0.2) is 22.3 Å². The second-order valence-corrected chi connectivity index (χ2v) is 2.31. The fourth-order valence-electron chi connectivity index (χ4n) is 0.834. The van der Waals surface area contributed by atoms with E-state index in [0.29, 0.717) is 12.0 Å². The van der Waals surface area contributed by atoms with Crippen LogP contribution in [0.3, 0.4) is 0 Å². The molecule has 0 aliphatic rings. The van der Waals surface area contributed by atoms with Crippen molar-refractivity contribution in [2.45, 2.75) is 6.92 Å². The zero-order valence-electron chi connectivity index (χ0n) is 6.44. The maximum atomic E-state index is 10.5. The van der Waals surface area contributed by atoms with E-state index in [2.05, 4.69) is 4.98 Å². The van der Waals surface area contributed by atoms with Gasteiger partial charge in [-0.15, -0.1) is 0 Å². The van der Waals surface area contributed by atoms with E-state index in [1.54, 1.807) is 13.0 Å². The van der Waals surface area contributed by atoms with Gasteiger partial charge < -0.3 is 5.11 Å². The number of aryl methyl sites for hydroxylation is 1. The Kier molecular flexibility index (Phi) is 2.19. The maximum absolute atomic E-state index is 10.5. The normalized spacial score (nSPS) is 9.42. The molecule has 0 saturated carbocycles. The molecule has 0 saturated heterocycles. The van der Waals surface area contributed by atoms with Gasteiger partial charge in [-0.3, -0.25) is 4.79 Å². The standard InChI is InChI=1S/C8H7NO3/c1-5-2-3-6(4-10)7(9-5)8(11)12/h2-4H,1H3,(H,11,12). The van der Waals surface area contributed by atoms with E-state index >= 15 is 0 Å². The topological polar surface area (TPSA) is 67.3 Å². The lowest BCUT2D eigenvalue weighted by atomic mass is 10.2. The third-order valence-corrected chi connectivity index (χ3v) is 1.40. The summed E-state index contributed by atoms with van der Waals surface area (Å²) >= 11 is 0. The van der Waals surface area contributed by atoms with Gasteiger partial charge in [0, 0.05) is 11.3 Å². The van der Waals surface area contributed by atoms with Crippen LogP contribution in [0.4, 0.5) is 0 Å². The predicted octanol–water partition coefficient (Wildman–Crippen LogP) is 0.901. The lowest BCUT2D eigenvalue weighted by Crippen LogP contribution is -2.05. The first-order valence-electron chi connectivity index (χ1n) is 3.31. The summed E-state index contributed by atoms with van der Waals surface area (Å²) in [5, 5.41) is 8.60. The van der Waals surface area contributed by atoms with Gasteiger partial charge in [0.15, 0.2) is 12.0 Å². The minimum atomic E-state index is -1.18. The average Bonchev–Trinajstić information content (AvgIpc) is 2.04. The summed E-state index contributed by atoms with van der Waals surface area (Å²) < 4.78 is 0. The maximum Gasteiger partial charge on any atom is 0.355 e. The molecule has 0 unspecified atom stereocenters. The molecule has 1 heterocycles. The van der Waals surface area contributed by atoms with Crippen LogP contribution >= 0.6 is 0 Å². The zero-order chi connectivity index (χ0) is 9.14. The minimum Gasteiger partial charge on any atom is -0.476 e. The molecule has 0 aliphatic carbocycles. The number of aromatic carboxylic acids is 1. The summed E-state index contributed by atoms with van der Waals surface area (Å²) in [5.41, 5.74) is 0.496. The highest BCUT2D eigenvalue weighted by Gasteiger charge is 2.10. The molecule has 0 fully saturated rings. The van der Waals surface area contributed by atoms with Gasteiger partial charge in [-0.05, 0) is 19.1 Å². The largest absolute Gasteiger partial charge is 0.476 e. The van der Waals surface area contributed by atoms with Crippen LogP contribution in [-0.2, 0) is 0 Å². The molecule has 62 valence electrons. The fourth-order valence-corrected chi connectivity index (χ4v) is 0.834. The molecule has 4 nitrogen and oxygen atoms in total. The van der Waals surface area contributed by atoms with E-state index in [9.17, 15) is 9.59 Å². The molecule has 0 bridgehead atoms. The van der Waals surface area contributed by atoms with E-state index in [4.69, 9.17) is 5.11 Å². The summed E-state index contributed by atoms with van der Waals surface area (Å²) in [6.07, 6.45) is 0.482. The summed E-state index contributed by atoms with van der Waals surface area (Å²) in [4.78, 5) is 24.6. The van der Waals surface area contributed by atoms with Gasteiger partial charge in [-0.1, -0.05) is 0 Å². The zero-order valence-corrected chi connectivity index (χ0v) is 6.44. The van der Waals surface area contributed by atoms with Gasteiger partial charge in [0.05, 0.1) is 0 Å². The Bertz CT molecular complexity index is 333. The first-order chi connectivity index (χ1) is 5.65. The number of carbonyl (C=O) groups excluding carboxylic acids is 1. The Labute approximate surface area is 68.9 Å². The number of hydrogen-bond acceptors (Lipinski definition) is 3. The van der Waals surface area contributed by atoms with E-state index in [-0.39, 0.29) is 11.3 Å². The van der Waals surface area contributed by atoms with Crippen LogP contribution in [0.2, 0.25) is 0 Å². The smallest absolute Gasteiger partial charge is 0.355 e. The number of nitrogens with zero attached hydrogens (tertiary/aromatic N) is 1. The van der Waals surface area contributed by atoms with Gasteiger partial charge in [0.2, 0.25) is 0 Å². The van der Waals surface area contributed by atoms with Crippen molar-refractivity contribution in [3.63, 3.8) is 0 Å². The number of rotatable bonds is 2. The Balaban J connectivity index is 3.30. The number of pyridine rings is 1. The molecule has 0 aliphatic heterocycles. The number of hydrogen-bond donors (Lipinski definition) is 1. The van der Waals surface area contributed by atoms with E-state index < -0.39 is 5.97 Å². The molecule has 4 heteroatoms. The Morgan fingerprint density at radius 1 is 1.58 bits per heavy atom. The molecule has 0 atom stereocenters. The number of aromatic nitrogens is 1. The van der Waals surface area contributed by atoms with Crippen LogP contribution in [0.1, 0.15) is 26.5 Å². The quantitative estimate of drug-likeness (QED) is 0.661. The van der Waals surface area contributed by atoms with E-state index in [0.717, 1.165) is 0 Å². The number of carboxylic acids is 1. The van der Waals surface area contributed by atoms with Crippen molar-refractivity contribution in [1.29, 1.82) is 0 Å². The van der Waals surface area contributed by atoms with Gasteiger partial charge in [-0.2, -0.15) is 0 Å². The Morgan fingerprint density at radius 2 is 2.25 bits per heavy atom. The van der Waals surface area contributed by atoms with E-state index in [1.807, 2.05) is 0 Å². The molecule has 1 aromatic rings. The SMILES string of the molecule is Cc1ccc(C=O)c(C(=O)O)n1. The summed E-state index contributed by atoms with van der Waals surface area (Å²) in [5.74, 6) is -1.18. The highest BCUT2D eigenvalue weighted by Crippen LogP contribution is 2.04. The summed E-state index contributed by atoms with van der Waals surface area (Å²) in [6, 6.07) is 3.04. The lowest BCUT2D eigenvalue weighted by Gasteiger charge is -1.98. The molecular weight excluding hydrogens is 158 g/mol. The number of aldehydes is 1. The molecule has 1 rings (SSSR count). The second-order valence-electron chi connectivity index (χ2n) is 2.31. The third kappa shape index (κ3) is 1.47. The number of carbonyl (C=O) groups is 2. The van der Waals surface area contributed by atoms with Gasteiger partial charge in [0.25, 0.3) is 0 Å². The lowest BCUT2D eigenvalue weighted by molar-refractivity contribution is 0.0687. The van der Waals surface area contributed by atoms with Crippen molar-refractivity contribution in [3.8, 4) is 0 Å². The monoisotopic (exact) mass is 165 g/mol. The molecule has 12 heavy (non-hydrogen) atoms. The van der Waals surface area contributed by atoms with Gasteiger partial charge in [-0.25, -0.2) is 9.78 Å². The van der Waals surface area contributed by atoms with Crippen LogP contribution in [0, 0.1) is 6.92 Å². The minimum absolute atomic E-state index is 0.105. The van der Waals surface area contributed by atoms with Crippen molar-refractivity contribution in [2.75, 3.05) is 0 Å². The Hall–Kier alpha value is -1.71. The second kappa shape index (κ2) is 3.13. The van der Waals surface area contributed by atoms with Crippen LogP contribution in [0.5, 0.6) is 0 Å². The van der Waals surface area contributed by atoms with E-state index in [1.165, 1.54) is 6.07 Å². The molecule has 0 aromatic carbocycles. The van der Waals surface area contributed by atoms with Crippen LogP contribution in [0.15, 0.2) is 12.1 Å². The van der Waals surface area contributed by atoms with Crippen LogP contribution in [0.25, 0.3) is 0 Å². The number of carboxylic acid groups (broad SMARTS) is 1. The first-order valence-corrected chi connectivity index (χ1v) is 3.31. The fraction of sp³-hybridized carbons (Fsp3) is 0.125. The van der Waals surface area contributed by atoms with Gasteiger partial charge >= 0.3 is 5.97 Å². The van der Waals surface area contributed by atoms with Crippen molar-refractivity contribution in [1.82, 2.24) is 4.98 Å². The van der Waals surface area contributed by atoms with Crippen LogP contribution < -0.4 is 0 Å². The molecule has 0 radical (unpaired) electrons.